The SMILES string of the molecule is CC1Cc2ccccc2N1C(=O)COC(=O)c1nn(C(C)C)c(=O)c2ccccc12. The van der Waals surface area contributed by atoms with Gasteiger partial charge in [-0.05, 0) is 44.9 Å². The highest BCUT2D eigenvalue weighted by atomic mass is 16.5. The van der Waals surface area contributed by atoms with Gasteiger partial charge in [0.2, 0.25) is 0 Å². The van der Waals surface area contributed by atoms with Crippen molar-refractivity contribution in [2.24, 2.45) is 0 Å². The smallest absolute Gasteiger partial charge is 0.359 e. The van der Waals surface area contributed by atoms with Crippen molar-refractivity contribution >= 4 is 28.3 Å². The van der Waals surface area contributed by atoms with E-state index in [2.05, 4.69) is 5.10 Å². The minimum absolute atomic E-state index is 0.00426. The second-order valence-electron chi connectivity index (χ2n) is 7.76. The Morgan fingerprint density at radius 1 is 1.10 bits per heavy atom. The summed E-state index contributed by atoms with van der Waals surface area (Å²) in [5, 5.41) is 5.03. The zero-order valence-electron chi connectivity index (χ0n) is 17.2. The fraction of sp³-hybridized carbons (Fsp3) is 0.304. The molecule has 1 atom stereocenters. The van der Waals surface area contributed by atoms with Gasteiger partial charge >= 0.3 is 5.97 Å². The molecule has 0 N–H and O–H groups in total. The maximum absolute atomic E-state index is 12.8. The van der Waals surface area contributed by atoms with Crippen molar-refractivity contribution in [3.63, 3.8) is 0 Å². The van der Waals surface area contributed by atoms with E-state index in [-0.39, 0.29) is 29.2 Å². The molecule has 30 heavy (non-hydrogen) atoms. The highest BCUT2D eigenvalue weighted by Crippen LogP contribution is 2.31. The molecule has 1 amide bonds. The van der Waals surface area contributed by atoms with Gasteiger partial charge < -0.3 is 9.64 Å². The van der Waals surface area contributed by atoms with E-state index >= 15 is 0 Å². The van der Waals surface area contributed by atoms with E-state index in [0.29, 0.717) is 10.8 Å². The molecule has 1 aliphatic heterocycles. The lowest BCUT2D eigenvalue weighted by atomic mass is 10.1. The van der Waals surface area contributed by atoms with Crippen molar-refractivity contribution in [1.82, 2.24) is 9.78 Å². The molecular formula is C23H23N3O4. The zero-order chi connectivity index (χ0) is 21.4. The first kappa shape index (κ1) is 19.8. The summed E-state index contributed by atoms with van der Waals surface area (Å²) >= 11 is 0. The zero-order valence-corrected chi connectivity index (χ0v) is 17.2. The number of nitrogens with zero attached hydrogens (tertiary/aromatic N) is 3. The van der Waals surface area contributed by atoms with Crippen molar-refractivity contribution in [1.29, 1.82) is 0 Å². The molecule has 1 aliphatic rings. The lowest BCUT2D eigenvalue weighted by Gasteiger charge is -2.22. The van der Waals surface area contributed by atoms with Crippen LogP contribution in [0.1, 0.15) is 42.9 Å². The van der Waals surface area contributed by atoms with Crippen LogP contribution in [0.2, 0.25) is 0 Å². The largest absolute Gasteiger partial charge is 0.451 e. The van der Waals surface area contributed by atoms with Crippen LogP contribution in [0.4, 0.5) is 5.69 Å². The molecule has 0 aliphatic carbocycles. The van der Waals surface area contributed by atoms with Gasteiger partial charge in [0, 0.05) is 17.1 Å². The van der Waals surface area contributed by atoms with Crippen molar-refractivity contribution in [2.45, 2.75) is 39.3 Å². The van der Waals surface area contributed by atoms with E-state index in [1.54, 1.807) is 29.2 Å². The molecule has 1 aromatic heterocycles. The number of fused-ring (bicyclic) bond motifs is 2. The number of carbonyl (C=O) groups is 2. The van der Waals surface area contributed by atoms with Gasteiger partial charge in [-0.25, -0.2) is 9.48 Å². The number of anilines is 1. The monoisotopic (exact) mass is 405 g/mol. The van der Waals surface area contributed by atoms with Crippen LogP contribution in [0.3, 0.4) is 0 Å². The molecular weight excluding hydrogens is 382 g/mol. The fourth-order valence-corrected chi connectivity index (χ4v) is 3.92. The predicted molar refractivity (Wildman–Crippen MR) is 114 cm³/mol. The molecule has 2 heterocycles. The molecule has 154 valence electrons. The summed E-state index contributed by atoms with van der Waals surface area (Å²) in [6, 6.07) is 14.3. The number of esters is 1. The van der Waals surface area contributed by atoms with Crippen LogP contribution in [-0.4, -0.2) is 34.3 Å². The van der Waals surface area contributed by atoms with Crippen LogP contribution < -0.4 is 10.5 Å². The van der Waals surface area contributed by atoms with Gasteiger partial charge in [-0.3, -0.25) is 9.59 Å². The van der Waals surface area contributed by atoms with Crippen LogP contribution in [0, 0.1) is 0 Å². The fourth-order valence-electron chi connectivity index (χ4n) is 3.92. The Bertz CT molecular complexity index is 1200. The van der Waals surface area contributed by atoms with E-state index < -0.39 is 12.6 Å². The number of amides is 1. The van der Waals surface area contributed by atoms with E-state index in [1.807, 2.05) is 45.0 Å². The van der Waals surface area contributed by atoms with Crippen LogP contribution in [-0.2, 0) is 16.0 Å². The van der Waals surface area contributed by atoms with Crippen molar-refractivity contribution in [3.05, 3.63) is 70.1 Å². The summed E-state index contributed by atoms with van der Waals surface area (Å²) < 4.78 is 6.60. The average molecular weight is 405 g/mol. The van der Waals surface area contributed by atoms with E-state index in [0.717, 1.165) is 17.7 Å². The number of rotatable bonds is 4. The van der Waals surface area contributed by atoms with Gasteiger partial charge in [-0.1, -0.05) is 36.4 Å². The highest BCUT2D eigenvalue weighted by molar-refractivity contribution is 6.04. The van der Waals surface area contributed by atoms with Crippen molar-refractivity contribution < 1.29 is 14.3 Å². The normalized spacial score (nSPS) is 15.5. The van der Waals surface area contributed by atoms with Gasteiger partial charge in [0.15, 0.2) is 12.3 Å². The Morgan fingerprint density at radius 2 is 1.77 bits per heavy atom. The number of hydrogen-bond donors (Lipinski definition) is 0. The van der Waals surface area contributed by atoms with Gasteiger partial charge in [0.25, 0.3) is 11.5 Å². The Hall–Kier alpha value is -3.48. The second-order valence-corrected chi connectivity index (χ2v) is 7.76. The first-order valence-electron chi connectivity index (χ1n) is 9.97. The standard InChI is InChI=1S/C23H23N3O4/c1-14(2)26-22(28)18-10-6-5-9-17(18)21(24-26)23(29)30-13-20(27)25-15(3)12-16-8-4-7-11-19(16)25/h4-11,14-15H,12-13H2,1-3H3. The molecule has 0 bridgehead atoms. The molecule has 2 aromatic carbocycles. The minimum Gasteiger partial charge on any atom is -0.451 e. The molecule has 0 spiro atoms. The van der Waals surface area contributed by atoms with Crippen LogP contribution in [0.25, 0.3) is 10.8 Å². The van der Waals surface area contributed by atoms with E-state index in [1.165, 1.54) is 4.68 Å². The summed E-state index contributed by atoms with van der Waals surface area (Å²) in [7, 11) is 0. The Labute approximate surface area is 173 Å². The lowest BCUT2D eigenvalue weighted by molar-refractivity contribution is -0.122. The first-order valence-corrected chi connectivity index (χ1v) is 9.97. The highest BCUT2D eigenvalue weighted by Gasteiger charge is 2.31. The number of ether oxygens (including phenoxy) is 1. The third-order valence-electron chi connectivity index (χ3n) is 5.31. The first-order chi connectivity index (χ1) is 14.4. The molecule has 0 saturated heterocycles. The van der Waals surface area contributed by atoms with Crippen LogP contribution in [0.5, 0.6) is 0 Å². The average Bonchev–Trinajstić information content (AvgIpc) is 3.07. The number of para-hydroxylation sites is 1. The molecule has 0 saturated carbocycles. The van der Waals surface area contributed by atoms with Crippen LogP contribution >= 0.6 is 0 Å². The summed E-state index contributed by atoms with van der Waals surface area (Å²) in [5.41, 5.74) is 1.71. The lowest BCUT2D eigenvalue weighted by Crippen LogP contribution is -2.39. The molecule has 0 radical (unpaired) electrons. The number of hydrogen-bond acceptors (Lipinski definition) is 5. The molecule has 4 rings (SSSR count). The summed E-state index contributed by atoms with van der Waals surface area (Å²) in [6.45, 7) is 5.20. The third kappa shape index (κ3) is 3.36. The molecule has 7 heteroatoms. The molecule has 1 unspecified atom stereocenters. The van der Waals surface area contributed by atoms with E-state index in [9.17, 15) is 14.4 Å². The summed E-state index contributed by atoms with van der Waals surface area (Å²) in [6.07, 6.45) is 0.765. The molecule has 3 aromatic rings. The maximum atomic E-state index is 12.8. The molecule has 0 fully saturated rings. The van der Waals surface area contributed by atoms with E-state index in [4.69, 9.17) is 4.74 Å². The summed E-state index contributed by atoms with van der Waals surface area (Å²) in [4.78, 5) is 39.9. The van der Waals surface area contributed by atoms with Gasteiger partial charge in [-0.2, -0.15) is 5.10 Å². The van der Waals surface area contributed by atoms with Crippen molar-refractivity contribution in [3.8, 4) is 0 Å². The van der Waals surface area contributed by atoms with Gasteiger partial charge in [0.1, 0.15) is 0 Å². The van der Waals surface area contributed by atoms with Gasteiger partial charge in [-0.15, -0.1) is 0 Å². The molecule has 7 nitrogen and oxygen atoms in total. The van der Waals surface area contributed by atoms with Crippen LogP contribution in [0.15, 0.2) is 53.3 Å². The maximum Gasteiger partial charge on any atom is 0.359 e. The third-order valence-corrected chi connectivity index (χ3v) is 5.31. The number of aromatic nitrogens is 2. The topological polar surface area (TPSA) is 81.5 Å². The second kappa shape index (κ2) is 7.74. The number of carbonyl (C=O) groups excluding carboxylic acids is 2. The van der Waals surface area contributed by atoms with Crippen molar-refractivity contribution in [2.75, 3.05) is 11.5 Å². The Morgan fingerprint density at radius 3 is 2.50 bits per heavy atom. The minimum atomic E-state index is -0.728. The van der Waals surface area contributed by atoms with Gasteiger partial charge in [0.05, 0.1) is 11.4 Å². The quantitative estimate of drug-likeness (QED) is 0.623. The Kier molecular flexibility index (Phi) is 5.11. The predicted octanol–water partition coefficient (Wildman–Crippen LogP) is 3.11. The Balaban J connectivity index is 1.59. The number of benzene rings is 2. The summed E-state index contributed by atoms with van der Waals surface area (Å²) in [5.74, 6) is -1.02.